The fraction of sp³-hybridized carbons (Fsp3) is 0.0435. The van der Waals surface area contributed by atoms with Crippen LogP contribution < -0.4 is 10.6 Å². The van der Waals surface area contributed by atoms with Gasteiger partial charge in [0.25, 0.3) is 11.9 Å². The molecule has 1 aliphatic heterocycles. The number of rotatable bonds is 4. The van der Waals surface area contributed by atoms with E-state index in [-0.39, 0.29) is 23.7 Å². The zero-order valence-corrected chi connectivity index (χ0v) is 17.3. The quantitative estimate of drug-likeness (QED) is 0.471. The number of hydrogen-bond acceptors (Lipinski definition) is 5. The summed E-state index contributed by atoms with van der Waals surface area (Å²) in [6.45, 7) is 0. The number of halogens is 2. The van der Waals surface area contributed by atoms with Crippen LogP contribution in [0.5, 0.6) is 0 Å². The highest BCUT2D eigenvalue weighted by molar-refractivity contribution is 6.30. The number of amides is 1. The van der Waals surface area contributed by atoms with E-state index in [0.717, 1.165) is 16.8 Å². The molecule has 1 atom stereocenters. The van der Waals surface area contributed by atoms with E-state index in [1.54, 1.807) is 47.3 Å². The lowest BCUT2D eigenvalue weighted by Crippen LogP contribution is -2.20. The molecule has 1 aliphatic rings. The van der Waals surface area contributed by atoms with Gasteiger partial charge in [-0.05, 0) is 53.6 Å². The number of fused-ring (bicyclic) bond motifs is 1. The Labute approximate surface area is 187 Å². The van der Waals surface area contributed by atoms with Crippen molar-refractivity contribution in [3.05, 3.63) is 107 Å². The van der Waals surface area contributed by atoms with Gasteiger partial charge in [0.1, 0.15) is 11.9 Å². The second-order valence-corrected chi connectivity index (χ2v) is 7.54. The van der Waals surface area contributed by atoms with E-state index in [4.69, 9.17) is 11.6 Å². The molecule has 0 aliphatic carbocycles. The number of pyridine rings is 1. The van der Waals surface area contributed by atoms with E-state index in [9.17, 15) is 9.18 Å². The van der Waals surface area contributed by atoms with Crippen LogP contribution in [0.25, 0.3) is 5.70 Å². The Bertz CT molecular complexity index is 1300. The van der Waals surface area contributed by atoms with Crippen LogP contribution in [-0.4, -0.2) is 25.7 Å². The van der Waals surface area contributed by atoms with Crippen molar-refractivity contribution in [2.45, 2.75) is 6.04 Å². The summed E-state index contributed by atoms with van der Waals surface area (Å²) >= 11 is 6.03. The van der Waals surface area contributed by atoms with Crippen LogP contribution in [0.2, 0.25) is 5.02 Å². The summed E-state index contributed by atoms with van der Waals surface area (Å²) in [6, 6.07) is 16.5. The SMILES string of the molecule is O=C(Nc1nc2n(n1)C(c1ccc(F)cc1)C=C(c1ccc(Cl)cc1)N2)c1cccnc1. The first kappa shape index (κ1) is 19.9. The number of nitrogens with zero attached hydrogens (tertiary/aromatic N) is 4. The van der Waals surface area contributed by atoms with Gasteiger partial charge in [0.2, 0.25) is 5.95 Å². The summed E-state index contributed by atoms with van der Waals surface area (Å²) in [7, 11) is 0. The topological polar surface area (TPSA) is 84.7 Å². The minimum Gasteiger partial charge on any atom is -0.324 e. The lowest BCUT2D eigenvalue weighted by Gasteiger charge is -2.24. The zero-order chi connectivity index (χ0) is 22.1. The average Bonchev–Trinajstić information content (AvgIpc) is 3.22. The fourth-order valence-corrected chi connectivity index (χ4v) is 3.54. The molecule has 1 amide bonds. The first-order valence-electron chi connectivity index (χ1n) is 9.75. The lowest BCUT2D eigenvalue weighted by molar-refractivity contribution is 0.102. The van der Waals surface area contributed by atoms with Gasteiger partial charge in [-0.3, -0.25) is 15.1 Å². The van der Waals surface area contributed by atoms with Crippen molar-refractivity contribution < 1.29 is 9.18 Å². The minimum absolute atomic E-state index is 0.138. The van der Waals surface area contributed by atoms with E-state index in [2.05, 4.69) is 25.7 Å². The lowest BCUT2D eigenvalue weighted by atomic mass is 10.0. The smallest absolute Gasteiger partial charge is 0.259 e. The van der Waals surface area contributed by atoms with E-state index < -0.39 is 0 Å². The molecule has 2 N–H and O–H groups in total. The Morgan fingerprint density at radius 3 is 2.59 bits per heavy atom. The minimum atomic E-state index is -0.370. The van der Waals surface area contributed by atoms with Crippen LogP contribution >= 0.6 is 11.6 Å². The van der Waals surface area contributed by atoms with E-state index in [0.29, 0.717) is 16.5 Å². The maximum Gasteiger partial charge on any atom is 0.259 e. The highest BCUT2D eigenvalue weighted by Crippen LogP contribution is 2.33. The van der Waals surface area contributed by atoms with Gasteiger partial charge in [-0.25, -0.2) is 9.07 Å². The Kier molecular flexibility index (Phi) is 5.12. The third-order valence-corrected chi connectivity index (χ3v) is 5.23. The summed E-state index contributed by atoms with van der Waals surface area (Å²) in [5, 5.41) is 11.0. The van der Waals surface area contributed by atoms with E-state index >= 15 is 0 Å². The van der Waals surface area contributed by atoms with Crippen LogP contribution in [0, 0.1) is 5.82 Å². The molecule has 1 unspecified atom stereocenters. The Hall–Kier alpha value is -4.04. The van der Waals surface area contributed by atoms with Gasteiger partial charge in [-0.2, -0.15) is 4.98 Å². The summed E-state index contributed by atoms with van der Waals surface area (Å²) < 4.78 is 15.2. The molecule has 2 aromatic carbocycles. The molecular weight excluding hydrogens is 431 g/mol. The van der Waals surface area contributed by atoms with Crippen LogP contribution in [0.15, 0.2) is 79.1 Å². The predicted octanol–water partition coefficient (Wildman–Crippen LogP) is 4.77. The molecule has 9 heteroatoms. The molecule has 5 rings (SSSR count). The Morgan fingerprint density at radius 1 is 1.09 bits per heavy atom. The van der Waals surface area contributed by atoms with Crippen molar-refractivity contribution in [1.29, 1.82) is 0 Å². The molecular formula is C23H16ClFN6O. The monoisotopic (exact) mass is 446 g/mol. The number of aromatic nitrogens is 4. The normalized spacial score (nSPS) is 14.8. The number of hydrogen-bond donors (Lipinski definition) is 2. The van der Waals surface area contributed by atoms with Crippen molar-refractivity contribution >= 4 is 35.1 Å². The third kappa shape index (κ3) is 3.95. The Morgan fingerprint density at radius 2 is 1.88 bits per heavy atom. The zero-order valence-electron chi connectivity index (χ0n) is 16.5. The van der Waals surface area contributed by atoms with E-state index in [1.165, 1.54) is 18.3 Å². The molecule has 7 nitrogen and oxygen atoms in total. The molecule has 4 aromatic rings. The summed E-state index contributed by atoms with van der Waals surface area (Å²) in [6.07, 6.45) is 5.02. The number of carbonyl (C=O) groups is 1. The van der Waals surface area contributed by atoms with Crippen molar-refractivity contribution in [2.24, 2.45) is 0 Å². The molecule has 32 heavy (non-hydrogen) atoms. The number of anilines is 2. The number of benzene rings is 2. The van der Waals surface area contributed by atoms with Crippen LogP contribution in [0.3, 0.4) is 0 Å². The van der Waals surface area contributed by atoms with Gasteiger partial charge >= 0.3 is 0 Å². The molecule has 0 fully saturated rings. The van der Waals surface area contributed by atoms with Gasteiger partial charge in [-0.1, -0.05) is 35.9 Å². The molecule has 2 aromatic heterocycles. The second kappa shape index (κ2) is 8.24. The van der Waals surface area contributed by atoms with Crippen molar-refractivity contribution in [1.82, 2.24) is 19.7 Å². The number of allylic oxidation sites excluding steroid dienone is 1. The number of carbonyl (C=O) groups excluding carboxylic acids is 1. The Balaban J connectivity index is 1.51. The summed E-state index contributed by atoms with van der Waals surface area (Å²) in [5.41, 5.74) is 2.90. The highest BCUT2D eigenvalue weighted by Gasteiger charge is 2.26. The van der Waals surface area contributed by atoms with Crippen molar-refractivity contribution in [3.63, 3.8) is 0 Å². The molecule has 0 bridgehead atoms. The van der Waals surface area contributed by atoms with Crippen LogP contribution in [0.4, 0.5) is 16.3 Å². The molecule has 0 radical (unpaired) electrons. The first-order chi connectivity index (χ1) is 15.6. The first-order valence-corrected chi connectivity index (χ1v) is 10.1. The maximum absolute atomic E-state index is 13.5. The maximum atomic E-state index is 13.5. The average molecular weight is 447 g/mol. The fourth-order valence-electron chi connectivity index (χ4n) is 3.41. The predicted molar refractivity (Wildman–Crippen MR) is 120 cm³/mol. The van der Waals surface area contributed by atoms with Crippen molar-refractivity contribution in [2.75, 3.05) is 10.6 Å². The largest absolute Gasteiger partial charge is 0.324 e. The summed E-state index contributed by atoms with van der Waals surface area (Å²) in [4.78, 5) is 20.9. The summed E-state index contributed by atoms with van der Waals surface area (Å²) in [5.74, 6) is -0.120. The van der Waals surface area contributed by atoms with E-state index in [1.807, 2.05) is 18.2 Å². The van der Waals surface area contributed by atoms with Gasteiger partial charge in [0.05, 0.1) is 5.56 Å². The molecule has 0 saturated carbocycles. The van der Waals surface area contributed by atoms with Gasteiger partial charge in [0.15, 0.2) is 0 Å². The van der Waals surface area contributed by atoms with Crippen LogP contribution in [-0.2, 0) is 0 Å². The standard InChI is InChI=1S/C23H16ClFN6O/c24-17-7-3-14(4-8-17)19-12-20(15-5-9-18(25)10-6-15)31-23(27-19)29-22(30-31)28-21(32)16-2-1-11-26-13-16/h1-13,20H,(H2,27,28,29,30,32). The molecule has 158 valence electrons. The van der Waals surface area contributed by atoms with Gasteiger partial charge in [0, 0.05) is 23.1 Å². The third-order valence-electron chi connectivity index (χ3n) is 4.98. The molecule has 0 spiro atoms. The van der Waals surface area contributed by atoms with Gasteiger partial charge in [-0.15, -0.1) is 5.10 Å². The number of nitrogens with one attached hydrogen (secondary N) is 2. The molecule has 3 heterocycles. The molecule has 0 saturated heterocycles. The van der Waals surface area contributed by atoms with Gasteiger partial charge < -0.3 is 5.32 Å². The highest BCUT2D eigenvalue weighted by atomic mass is 35.5. The second-order valence-electron chi connectivity index (χ2n) is 7.11. The van der Waals surface area contributed by atoms with Crippen molar-refractivity contribution in [3.8, 4) is 0 Å². The van der Waals surface area contributed by atoms with Crippen LogP contribution in [0.1, 0.15) is 27.5 Å².